The first-order valence-electron chi connectivity index (χ1n) is 8.42. The quantitative estimate of drug-likeness (QED) is 0.758. The average molecular weight is 393 g/mol. The summed E-state index contributed by atoms with van der Waals surface area (Å²) in [5.74, 6) is -0.193. The number of benzene rings is 2. The van der Waals surface area contributed by atoms with Crippen molar-refractivity contribution < 1.29 is 9.59 Å². The molecule has 0 saturated carbocycles. The molecule has 4 nitrogen and oxygen atoms in total. The highest BCUT2D eigenvalue weighted by molar-refractivity contribution is 6.31. The van der Waals surface area contributed by atoms with Gasteiger partial charge < -0.3 is 10.2 Å². The number of hydrogen-bond acceptors (Lipinski definition) is 2. The van der Waals surface area contributed by atoms with E-state index in [1.165, 1.54) is 6.92 Å². The molecule has 2 amide bonds. The summed E-state index contributed by atoms with van der Waals surface area (Å²) < 4.78 is 0. The topological polar surface area (TPSA) is 49.4 Å². The molecule has 26 heavy (non-hydrogen) atoms. The van der Waals surface area contributed by atoms with Gasteiger partial charge in [0.05, 0.1) is 0 Å². The lowest BCUT2D eigenvalue weighted by Gasteiger charge is -2.23. The number of rotatable bonds is 7. The van der Waals surface area contributed by atoms with Gasteiger partial charge in [-0.05, 0) is 54.8 Å². The molecule has 6 heteroatoms. The molecular formula is C20H22Cl2N2O2. The molecule has 2 aromatic carbocycles. The van der Waals surface area contributed by atoms with Crippen LogP contribution in [-0.2, 0) is 16.0 Å². The lowest BCUT2D eigenvalue weighted by molar-refractivity contribution is -0.121. The van der Waals surface area contributed by atoms with Crippen LogP contribution in [0.3, 0.4) is 0 Å². The number of carbonyl (C=O) groups is 2. The molecule has 138 valence electrons. The van der Waals surface area contributed by atoms with Gasteiger partial charge in [-0.15, -0.1) is 0 Å². The highest BCUT2D eigenvalue weighted by Crippen LogP contribution is 2.24. The molecule has 0 aliphatic carbocycles. The molecule has 2 aromatic rings. The molecule has 2 rings (SSSR count). The number of anilines is 1. The molecule has 0 heterocycles. The molecule has 0 aliphatic heterocycles. The summed E-state index contributed by atoms with van der Waals surface area (Å²) in [4.78, 5) is 25.7. The summed E-state index contributed by atoms with van der Waals surface area (Å²) in [7, 11) is 0. The van der Waals surface area contributed by atoms with E-state index in [0.29, 0.717) is 23.1 Å². The third-order valence-corrected chi connectivity index (χ3v) is 4.53. The fraction of sp³-hybridized carbons (Fsp3) is 0.300. The van der Waals surface area contributed by atoms with Gasteiger partial charge in [-0.1, -0.05) is 35.3 Å². The predicted molar refractivity (Wildman–Crippen MR) is 107 cm³/mol. The lowest BCUT2D eigenvalue weighted by atomic mass is 10.1. The van der Waals surface area contributed by atoms with Crippen molar-refractivity contribution in [1.82, 2.24) is 5.32 Å². The van der Waals surface area contributed by atoms with Crippen LogP contribution in [0.15, 0.2) is 42.5 Å². The van der Waals surface area contributed by atoms with Gasteiger partial charge in [-0.3, -0.25) is 9.59 Å². The van der Waals surface area contributed by atoms with Crippen molar-refractivity contribution in [3.8, 4) is 0 Å². The standard InChI is InChI=1S/C20H22Cl2N2O2/c1-14-13-18(22)7-8-19(14)24(15(2)25)12-10-20(26)23-11-9-16-3-5-17(21)6-4-16/h3-8,13H,9-12H2,1-2H3,(H,23,26). The van der Waals surface area contributed by atoms with Crippen LogP contribution >= 0.6 is 23.2 Å². The summed E-state index contributed by atoms with van der Waals surface area (Å²) in [6.07, 6.45) is 0.970. The van der Waals surface area contributed by atoms with Crippen LogP contribution in [-0.4, -0.2) is 24.9 Å². The van der Waals surface area contributed by atoms with Gasteiger partial charge in [0.1, 0.15) is 0 Å². The van der Waals surface area contributed by atoms with Gasteiger partial charge in [0.15, 0.2) is 0 Å². The van der Waals surface area contributed by atoms with Crippen molar-refractivity contribution >= 4 is 40.7 Å². The molecule has 0 bridgehead atoms. The molecule has 0 atom stereocenters. The Bertz CT molecular complexity index is 776. The molecular weight excluding hydrogens is 371 g/mol. The number of nitrogens with zero attached hydrogens (tertiary/aromatic N) is 1. The highest BCUT2D eigenvalue weighted by Gasteiger charge is 2.15. The van der Waals surface area contributed by atoms with E-state index < -0.39 is 0 Å². The SMILES string of the molecule is CC(=O)N(CCC(=O)NCCc1ccc(Cl)cc1)c1ccc(Cl)cc1C. The molecule has 0 fully saturated rings. The number of amides is 2. The van der Waals surface area contributed by atoms with Gasteiger partial charge in [-0.25, -0.2) is 0 Å². The maximum atomic E-state index is 12.1. The highest BCUT2D eigenvalue weighted by atomic mass is 35.5. The van der Waals surface area contributed by atoms with Crippen LogP contribution in [0.5, 0.6) is 0 Å². The normalized spacial score (nSPS) is 10.5. The number of halogens is 2. The Kier molecular flexibility index (Phi) is 7.49. The maximum absolute atomic E-state index is 12.1. The molecule has 0 unspecified atom stereocenters. The summed E-state index contributed by atoms with van der Waals surface area (Å²) in [6, 6.07) is 12.9. The van der Waals surface area contributed by atoms with Crippen molar-refractivity contribution in [2.75, 3.05) is 18.0 Å². The van der Waals surface area contributed by atoms with Crippen LogP contribution < -0.4 is 10.2 Å². The van der Waals surface area contributed by atoms with E-state index in [4.69, 9.17) is 23.2 Å². The molecule has 1 N–H and O–H groups in total. The Morgan fingerprint density at radius 1 is 1.04 bits per heavy atom. The van der Waals surface area contributed by atoms with E-state index in [0.717, 1.165) is 23.2 Å². The minimum Gasteiger partial charge on any atom is -0.356 e. The van der Waals surface area contributed by atoms with Crippen LogP contribution in [0.4, 0.5) is 5.69 Å². The number of aryl methyl sites for hydroxylation is 1. The Morgan fingerprint density at radius 3 is 2.31 bits per heavy atom. The van der Waals surface area contributed by atoms with Crippen LogP contribution in [0, 0.1) is 6.92 Å². The zero-order valence-electron chi connectivity index (χ0n) is 14.9. The number of nitrogens with one attached hydrogen (secondary N) is 1. The minimum atomic E-state index is -0.107. The van der Waals surface area contributed by atoms with E-state index in [2.05, 4.69) is 5.32 Å². The largest absolute Gasteiger partial charge is 0.356 e. The fourth-order valence-corrected chi connectivity index (χ4v) is 3.02. The zero-order chi connectivity index (χ0) is 19.1. The van der Waals surface area contributed by atoms with Gasteiger partial charge in [0.25, 0.3) is 0 Å². The second kappa shape index (κ2) is 9.60. The second-order valence-electron chi connectivity index (χ2n) is 6.08. The van der Waals surface area contributed by atoms with Crippen LogP contribution in [0.1, 0.15) is 24.5 Å². The average Bonchev–Trinajstić information content (AvgIpc) is 2.58. The van der Waals surface area contributed by atoms with Crippen LogP contribution in [0.25, 0.3) is 0 Å². The van der Waals surface area contributed by atoms with Gasteiger partial charge in [0.2, 0.25) is 11.8 Å². The van der Waals surface area contributed by atoms with Gasteiger partial charge in [0, 0.05) is 42.2 Å². The molecule has 0 saturated heterocycles. The monoisotopic (exact) mass is 392 g/mol. The first-order chi connectivity index (χ1) is 12.4. The van der Waals surface area contributed by atoms with E-state index in [-0.39, 0.29) is 18.2 Å². The van der Waals surface area contributed by atoms with E-state index in [9.17, 15) is 9.59 Å². The Balaban J connectivity index is 1.85. The van der Waals surface area contributed by atoms with E-state index in [1.54, 1.807) is 23.1 Å². The summed E-state index contributed by atoms with van der Waals surface area (Å²) in [5.41, 5.74) is 2.78. The molecule has 0 aromatic heterocycles. The van der Waals surface area contributed by atoms with Gasteiger partial charge >= 0.3 is 0 Å². The third kappa shape index (κ3) is 6.04. The number of hydrogen-bond donors (Lipinski definition) is 1. The van der Waals surface area contributed by atoms with Crippen molar-refractivity contribution in [2.45, 2.75) is 26.7 Å². The van der Waals surface area contributed by atoms with Crippen molar-refractivity contribution in [2.24, 2.45) is 0 Å². The summed E-state index contributed by atoms with van der Waals surface area (Å²) in [6.45, 7) is 4.25. The second-order valence-corrected chi connectivity index (χ2v) is 6.95. The molecule has 0 radical (unpaired) electrons. The number of carbonyl (C=O) groups excluding carboxylic acids is 2. The summed E-state index contributed by atoms with van der Waals surface area (Å²) in [5, 5.41) is 4.20. The van der Waals surface area contributed by atoms with Crippen LogP contribution in [0.2, 0.25) is 10.0 Å². The third-order valence-electron chi connectivity index (χ3n) is 4.04. The lowest BCUT2D eigenvalue weighted by Crippen LogP contribution is -2.34. The zero-order valence-corrected chi connectivity index (χ0v) is 16.4. The van der Waals surface area contributed by atoms with E-state index in [1.807, 2.05) is 31.2 Å². The Labute approximate surface area is 164 Å². The fourth-order valence-electron chi connectivity index (χ4n) is 2.67. The Morgan fingerprint density at radius 2 is 1.69 bits per heavy atom. The first kappa shape index (κ1) is 20.3. The van der Waals surface area contributed by atoms with E-state index >= 15 is 0 Å². The van der Waals surface area contributed by atoms with Crippen molar-refractivity contribution in [3.05, 3.63) is 63.6 Å². The maximum Gasteiger partial charge on any atom is 0.223 e. The van der Waals surface area contributed by atoms with Crippen molar-refractivity contribution in [1.29, 1.82) is 0 Å². The molecule has 0 spiro atoms. The molecule has 0 aliphatic rings. The Hall–Kier alpha value is -2.04. The minimum absolute atomic E-state index is 0.0863. The smallest absolute Gasteiger partial charge is 0.223 e. The first-order valence-corrected chi connectivity index (χ1v) is 9.18. The predicted octanol–water partition coefficient (Wildman–Crippen LogP) is 4.40. The van der Waals surface area contributed by atoms with Gasteiger partial charge in [-0.2, -0.15) is 0 Å². The summed E-state index contributed by atoms with van der Waals surface area (Å²) >= 11 is 11.8. The van der Waals surface area contributed by atoms with Crippen molar-refractivity contribution in [3.63, 3.8) is 0 Å².